The molecular formula is C13H13BrClN3O. The average Bonchev–Trinajstić information content (AvgIpc) is 2.33. The molecule has 0 spiro atoms. The first kappa shape index (κ1) is 14.2. The summed E-state index contributed by atoms with van der Waals surface area (Å²) < 4.78 is 6.04. The Kier molecular flexibility index (Phi) is 4.74. The van der Waals surface area contributed by atoms with Crippen molar-refractivity contribution in [3.8, 4) is 0 Å². The highest BCUT2D eigenvalue weighted by Gasteiger charge is 2.04. The fraction of sp³-hybridized carbons (Fsp3) is 0.231. The van der Waals surface area contributed by atoms with E-state index in [4.69, 9.17) is 16.3 Å². The van der Waals surface area contributed by atoms with E-state index in [1.807, 2.05) is 25.1 Å². The molecule has 2 rings (SSSR count). The van der Waals surface area contributed by atoms with Crippen molar-refractivity contribution in [1.82, 2.24) is 9.97 Å². The Morgan fingerprint density at radius 3 is 2.79 bits per heavy atom. The first-order valence-electron chi connectivity index (χ1n) is 5.64. The molecule has 1 N–H and O–H groups in total. The molecule has 0 atom stereocenters. The lowest BCUT2D eigenvalue weighted by atomic mass is 10.2. The van der Waals surface area contributed by atoms with Crippen LogP contribution in [-0.2, 0) is 11.3 Å². The number of ether oxygens (including phenoxy) is 1. The molecule has 1 aromatic heterocycles. The molecule has 0 saturated heterocycles. The van der Waals surface area contributed by atoms with E-state index >= 15 is 0 Å². The summed E-state index contributed by atoms with van der Waals surface area (Å²) in [6.07, 6.45) is 0. The molecule has 19 heavy (non-hydrogen) atoms. The van der Waals surface area contributed by atoms with E-state index in [2.05, 4.69) is 31.2 Å². The molecule has 1 aromatic carbocycles. The molecule has 2 aromatic rings. The van der Waals surface area contributed by atoms with Gasteiger partial charge >= 0.3 is 0 Å². The number of rotatable bonds is 4. The van der Waals surface area contributed by atoms with Crippen LogP contribution >= 0.6 is 27.5 Å². The summed E-state index contributed by atoms with van der Waals surface area (Å²) in [5, 5.41) is 3.58. The SMILES string of the molecule is COCc1nc(Cl)cc(Nc2ccc(C)c(Br)c2)n1. The molecule has 0 unspecified atom stereocenters. The van der Waals surface area contributed by atoms with Crippen LogP contribution in [0.25, 0.3) is 0 Å². The van der Waals surface area contributed by atoms with Crippen LogP contribution < -0.4 is 5.32 Å². The Bertz CT molecular complexity index is 592. The Morgan fingerprint density at radius 1 is 1.32 bits per heavy atom. The van der Waals surface area contributed by atoms with E-state index in [9.17, 15) is 0 Å². The van der Waals surface area contributed by atoms with Gasteiger partial charge in [0.15, 0.2) is 5.82 Å². The molecule has 0 fully saturated rings. The molecule has 0 aliphatic heterocycles. The number of aromatic nitrogens is 2. The Hall–Kier alpha value is -1.17. The van der Waals surface area contributed by atoms with Crippen molar-refractivity contribution in [2.75, 3.05) is 12.4 Å². The number of hydrogen-bond acceptors (Lipinski definition) is 4. The number of halogens is 2. The highest BCUT2D eigenvalue weighted by Crippen LogP contribution is 2.23. The van der Waals surface area contributed by atoms with Gasteiger partial charge in [-0.25, -0.2) is 9.97 Å². The van der Waals surface area contributed by atoms with Crippen molar-refractivity contribution in [1.29, 1.82) is 0 Å². The zero-order chi connectivity index (χ0) is 13.8. The van der Waals surface area contributed by atoms with E-state index in [1.54, 1.807) is 13.2 Å². The number of aryl methyl sites for hydroxylation is 1. The van der Waals surface area contributed by atoms with E-state index in [-0.39, 0.29) is 0 Å². The quantitative estimate of drug-likeness (QED) is 0.850. The predicted octanol–water partition coefficient (Wildman–Crippen LogP) is 4.09. The van der Waals surface area contributed by atoms with Gasteiger partial charge in [-0.1, -0.05) is 33.6 Å². The molecule has 100 valence electrons. The van der Waals surface area contributed by atoms with Crippen LogP contribution in [0.2, 0.25) is 5.15 Å². The van der Waals surface area contributed by atoms with Gasteiger partial charge in [0, 0.05) is 23.3 Å². The summed E-state index contributed by atoms with van der Waals surface area (Å²) in [6, 6.07) is 7.66. The van der Waals surface area contributed by atoms with Crippen molar-refractivity contribution in [2.24, 2.45) is 0 Å². The molecule has 6 heteroatoms. The smallest absolute Gasteiger partial charge is 0.158 e. The lowest BCUT2D eigenvalue weighted by molar-refractivity contribution is 0.178. The third kappa shape index (κ3) is 3.89. The van der Waals surface area contributed by atoms with Crippen molar-refractivity contribution in [3.05, 3.63) is 45.3 Å². The normalized spacial score (nSPS) is 10.5. The predicted molar refractivity (Wildman–Crippen MR) is 79.9 cm³/mol. The molecule has 4 nitrogen and oxygen atoms in total. The maximum atomic E-state index is 5.95. The van der Waals surface area contributed by atoms with Crippen LogP contribution in [0.3, 0.4) is 0 Å². The Balaban J connectivity index is 2.24. The second kappa shape index (κ2) is 6.32. The average molecular weight is 343 g/mol. The minimum Gasteiger partial charge on any atom is -0.377 e. The van der Waals surface area contributed by atoms with Gasteiger partial charge in [-0.15, -0.1) is 0 Å². The number of anilines is 2. The monoisotopic (exact) mass is 341 g/mol. The molecule has 0 bridgehead atoms. The van der Waals surface area contributed by atoms with Gasteiger partial charge in [0.05, 0.1) is 0 Å². The standard InChI is InChI=1S/C13H13BrClN3O/c1-8-3-4-9(5-10(8)14)16-12-6-11(15)17-13(18-12)7-19-2/h3-6H,7H2,1-2H3,(H,16,17,18). The number of nitrogens with one attached hydrogen (secondary N) is 1. The fourth-order valence-electron chi connectivity index (χ4n) is 1.54. The van der Waals surface area contributed by atoms with Crippen LogP contribution in [0.5, 0.6) is 0 Å². The van der Waals surface area contributed by atoms with Gasteiger partial charge in [0.1, 0.15) is 17.6 Å². The largest absolute Gasteiger partial charge is 0.377 e. The van der Waals surface area contributed by atoms with Gasteiger partial charge in [0.25, 0.3) is 0 Å². The van der Waals surface area contributed by atoms with Crippen molar-refractivity contribution in [2.45, 2.75) is 13.5 Å². The van der Waals surface area contributed by atoms with Gasteiger partial charge in [-0.05, 0) is 24.6 Å². The van der Waals surface area contributed by atoms with Crippen LogP contribution in [0.4, 0.5) is 11.5 Å². The van der Waals surface area contributed by atoms with Crippen LogP contribution in [-0.4, -0.2) is 17.1 Å². The highest BCUT2D eigenvalue weighted by atomic mass is 79.9. The lowest BCUT2D eigenvalue weighted by Crippen LogP contribution is -2.01. The minimum absolute atomic E-state index is 0.326. The summed E-state index contributed by atoms with van der Waals surface area (Å²) in [5.41, 5.74) is 2.10. The number of hydrogen-bond donors (Lipinski definition) is 1. The van der Waals surface area contributed by atoms with Gasteiger partial charge in [-0.2, -0.15) is 0 Å². The topological polar surface area (TPSA) is 47.0 Å². The Morgan fingerprint density at radius 2 is 2.11 bits per heavy atom. The summed E-state index contributed by atoms with van der Waals surface area (Å²) in [4.78, 5) is 8.40. The molecule has 0 aliphatic carbocycles. The number of benzene rings is 1. The van der Waals surface area contributed by atoms with Crippen molar-refractivity contribution in [3.63, 3.8) is 0 Å². The van der Waals surface area contributed by atoms with Gasteiger partial charge in [0.2, 0.25) is 0 Å². The summed E-state index contributed by atoms with van der Waals surface area (Å²) in [5.74, 6) is 1.19. The summed E-state index contributed by atoms with van der Waals surface area (Å²) >= 11 is 9.45. The van der Waals surface area contributed by atoms with E-state index in [1.165, 1.54) is 5.56 Å². The van der Waals surface area contributed by atoms with Gasteiger partial charge < -0.3 is 10.1 Å². The van der Waals surface area contributed by atoms with E-state index in [0.717, 1.165) is 10.2 Å². The maximum absolute atomic E-state index is 5.95. The number of nitrogens with zero attached hydrogens (tertiary/aromatic N) is 2. The summed E-state index contributed by atoms with van der Waals surface area (Å²) in [7, 11) is 1.59. The fourth-order valence-corrected chi connectivity index (χ4v) is 2.12. The second-order valence-corrected chi connectivity index (χ2v) is 5.26. The lowest BCUT2D eigenvalue weighted by Gasteiger charge is -2.09. The zero-order valence-corrected chi connectivity index (χ0v) is 12.9. The van der Waals surface area contributed by atoms with Crippen LogP contribution in [0.15, 0.2) is 28.7 Å². The third-order valence-corrected chi connectivity index (χ3v) is 3.51. The molecule has 1 heterocycles. The van der Waals surface area contributed by atoms with E-state index < -0.39 is 0 Å². The Labute approximate surface area is 125 Å². The molecule has 0 radical (unpaired) electrons. The van der Waals surface area contributed by atoms with Crippen molar-refractivity contribution < 1.29 is 4.74 Å². The number of methoxy groups -OCH3 is 1. The van der Waals surface area contributed by atoms with Crippen molar-refractivity contribution >= 4 is 39.0 Å². The first-order valence-corrected chi connectivity index (χ1v) is 6.81. The molecule has 0 amide bonds. The molecular weight excluding hydrogens is 330 g/mol. The zero-order valence-electron chi connectivity index (χ0n) is 10.6. The van der Waals surface area contributed by atoms with Gasteiger partial charge in [-0.3, -0.25) is 0 Å². The summed E-state index contributed by atoms with van der Waals surface area (Å²) in [6.45, 7) is 2.36. The second-order valence-electron chi connectivity index (χ2n) is 4.01. The maximum Gasteiger partial charge on any atom is 0.158 e. The third-order valence-electron chi connectivity index (χ3n) is 2.46. The minimum atomic E-state index is 0.326. The first-order chi connectivity index (χ1) is 9.08. The molecule has 0 saturated carbocycles. The van der Waals surface area contributed by atoms with Crippen LogP contribution in [0, 0.1) is 6.92 Å². The van der Waals surface area contributed by atoms with E-state index in [0.29, 0.717) is 23.4 Å². The highest BCUT2D eigenvalue weighted by molar-refractivity contribution is 9.10. The van der Waals surface area contributed by atoms with Crippen LogP contribution in [0.1, 0.15) is 11.4 Å². The molecule has 0 aliphatic rings.